The summed E-state index contributed by atoms with van der Waals surface area (Å²) in [6.45, 7) is 1.09. The van der Waals surface area contributed by atoms with Crippen LogP contribution in [-0.2, 0) is 32.6 Å². The normalized spacial score (nSPS) is 11.3. The fraction of sp³-hybridized carbons (Fsp3) is 0.250. The summed E-state index contributed by atoms with van der Waals surface area (Å²) >= 11 is 12.5. The van der Waals surface area contributed by atoms with Gasteiger partial charge < -0.3 is 16.0 Å². The van der Waals surface area contributed by atoms with Gasteiger partial charge in [-0.1, -0.05) is 77.8 Å². The van der Waals surface area contributed by atoms with Crippen LogP contribution in [0.1, 0.15) is 22.3 Å². The third kappa shape index (κ3) is 8.04. The van der Waals surface area contributed by atoms with E-state index in [4.69, 9.17) is 34.3 Å². The van der Waals surface area contributed by atoms with Crippen LogP contribution in [0.4, 0.5) is 0 Å². The number of sulfonamides is 1. The third-order valence-corrected chi connectivity index (χ3v) is 9.16. The Morgan fingerprint density at radius 2 is 1.62 bits per heavy atom. The van der Waals surface area contributed by atoms with Crippen molar-refractivity contribution in [1.29, 1.82) is 5.41 Å². The summed E-state index contributed by atoms with van der Waals surface area (Å²) in [5, 5.41) is 10.3. The lowest BCUT2D eigenvalue weighted by atomic mass is 10.1. The zero-order valence-corrected chi connectivity index (χ0v) is 24.5. The molecule has 0 fully saturated rings. The molecule has 212 valence electrons. The molecule has 3 rings (SSSR count). The Kier molecular flexibility index (Phi) is 10.7. The molecule has 40 heavy (non-hydrogen) atoms. The van der Waals surface area contributed by atoms with Crippen molar-refractivity contribution in [2.75, 3.05) is 26.7 Å². The molecule has 3 aromatic carbocycles. The molecule has 0 spiro atoms. The number of amidine groups is 1. The summed E-state index contributed by atoms with van der Waals surface area (Å²) < 4.78 is 28.3. The minimum absolute atomic E-state index is 0.00856. The van der Waals surface area contributed by atoms with Crippen LogP contribution in [0.2, 0.25) is 10.0 Å². The smallest absolute Gasteiger partial charge is 0.245 e. The minimum Gasteiger partial charge on any atom is -0.384 e. The highest BCUT2D eigenvalue weighted by atomic mass is 35.5. The maximum absolute atomic E-state index is 13.6. The number of nitrogens with one attached hydrogen (secondary N) is 2. The average molecular weight is 605 g/mol. The van der Waals surface area contributed by atoms with Crippen LogP contribution in [0, 0.1) is 12.3 Å². The maximum Gasteiger partial charge on any atom is 0.245 e. The standard InChI is InChI=1S/C28H31Cl2N5O4S/c1-19-23(29)12-13-24(27(19)30)40(38,39)35(15-14-20-6-4-3-5-7-20)18-25(36)33-16-26(37)34(2)17-21-8-10-22(11-9-21)28(31)32/h3-13H,14-18H2,1-2H3,(H3,31,32)(H,33,36). The number of hydrogen-bond donors (Lipinski definition) is 3. The van der Waals surface area contributed by atoms with Crippen LogP contribution in [-0.4, -0.2) is 62.0 Å². The van der Waals surface area contributed by atoms with E-state index in [2.05, 4.69) is 5.32 Å². The molecular formula is C28H31Cl2N5O4S. The monoisotopic (exact) mass is 603 g/mol. The largest absolute Gasteiger partial charge is 0.384 e. The fourth-order valence-electron chi connectivity index (χ4n) is 3.83. The number of likely N-dealkylation sites (N-methyl/N-ethyl adjacent to an activating group) is 1. The Morgan fingerprint density at radius 1 is 0.975 bits per heavy atom. The lowest BCUT2D eigenvalue weighted by Gasteiger charge is -2.23. The van der Waals surface area contributed by atoms with Crippen molar-refractivity contribution in [2.24, 2.45) is 5.73 Å². The average Bonchev–Trinajstić information content (AvgIpc) is 2.93. The van der Waals surface area contributed by atoms with E-state index >= 15 is 0 Å². The number of amides is 2. The summed E-state index contributed by atoms with van der Waals surface area (Å²) in [4.78, 5) is 26.8. The zero-order valence-electron chi connectivity index (χ0n) is 22.2. The topological polar surface area (TPSA) is 137 Å². The summed E-state index contributed by atoms with van der Waals surface area (Å²) in [6, 6.07) is 19.0. The second-order valence-electron chi connectivity index (χ2n) is 9.20. The SMILES string of the molecule is Cc1c(Cl)ccc(S(=O)(=O)N(CCc2ccccc2)CC(=O)NCC(=O)N(C)Cc2ccc(C(=N)N)cc2)c1Cl. The van der Waals surface area contributed by atoms with Crippen molar-refractivity contribution in [3.05, 3.63) is 99.0 Å². The summed E-state index contributed by atoms with van der Waals surface area (Å²) in [6.07, 6.45) is 0.363. The number of halogens is 2. The summed E-state index contributed by atoms with van der Waals surface area (Å²) in [7, 11) is -2.59. The Hall–Kier alpha value is -3.44. The van der Waals surface area contributed by atoms with Crippen molar-refractivity contribution in [1.82, 2.24) is 14.5 Å². The zero-order chi connectivity index (χ0) is 29.4. The van der Waals surface area contributed by atoms with Crippen LogP contribution in [0.3, 0.4) is 0 Å². The quantitative estimate of drug-likeness (QED) is 0.215. The number of nitrogens with two attached hydrogens (primary N) is 1. The number of nitrogen functional groups attached to an aromatic ring is 1. The van der Waals surface area contributed by atoms with Crippen molar-refractivity contribution in [3.8, 4) is 0 Å². The molecular weight excluding hydrogens is 573 g/mol. The van der Waals surface area contributed by atoms with Crippen LogP contribution in [0.25, 0.3) is 0 Å². The first kappa shape index (κ1) is 31.1. The number of carbonyl (C=O) groups excluding carboxylic acids is 2. The highest BCUT2D eigenvalue weighted by Crippen LogP contribution is 2.32. The molecule has 0 aliphatic carbocycles. The highest BCUT2D eigenvalue weighted by molar-refractivity contribution is 7.89. The van der Waals surface area contributed by atoms with Gasteiger partial charge in [0, 0.05) is 30.7 Å². The van der Waals surface area contributed by atoms with Crippen LogP contribution >= 0.6 is 23.2 Å². The number of nitrogens with zero attached hydrogens (tertiary/aromatic N) is 2. The molecule has 4 N–H and O–H groups in total. The fourth-order valence-corrected chi connectivity index (χ4v) is 6.01. The van der Waals surface area contributed by atoms with Crippen LogP contribution in [0.15, 0.2) is 71.6 Å². The van der Waals surface area contributed by atoms with Crippen LogP contribution in [0.5, 0.6) is 0 Å². The molecule has 0 aliphatic rings. The maximum atomic E-state index is 13.6. The van der Waals surface area contributed by atoms with Crippen molar-refractivity contribution in [3.63, 3.8) is 0 Å². The van der Waals surface area contributed by atoms with Gasteiger partial charge in [0.05, 0.1) is 18.1 Å². The second-order valence-corrected chi connectivity index (χ2v) is 11.9. The number of benzene rings is 3. The van der Waals surface area contributed by atoms with Crippen molar-refractivity contribution in [2.45, 2.75) is 24.8 Å². The molecule has 0 radical (unpaired) electrons. The van der Waals surface area contributed by atoms with E-state index < -0.39 is 22.5 Å². The Bertz CT molecular complexity index is 1480. The highest BCUT2D eigenvalue weighted by Gasteiger charge is 2.29. The Morgan fingerprint density at radius 3 is 2.25 bits per heavy atom. The van der Waals surface area contributed by atoms with Gasteiger partial charge in [-0.3, -0.25) is 15.0 Å². The third-order valence-electron chi connectivity index (χ3n) is 6.26. The van der Waals surface area contributed by atoms with Gasteiger partial charge in [-0.15, -0.1) is 0 Å². The van der Waals surface area contributed by atoms with E-state index in [1.165, 1.54) is 17.0 Å². The molecule has 2 amide bonds. The van der Waals surface area contributed by atoms with Crippen molar-refractivity contribution < 1.29 is 18.0 Å². The molecule has 0 heterocycles. The minimum atomic E-state index is -4.18. The molecule has 3 aromatic rings. The first-order valence-electron chi connectivity index (χ1n) is 12.3. The first-order chi connectivity index (χ1) is 18.9. The first-order valence-corrected chi connectivity index (χ1v) is 14.5. The van der Waals surface area contributed by atoms with Crippen molar-refractivity contribution >= 4 is 50.9 Å². The molecule has 9 nitrogen and oxygen atoms in total. The van der Waals surface area contributed by atoms with E-state index in [1.54, 1.807) is 38.2 Å². The van der Waals surface area contributed by atoms with Gasteiger partial charge in [0.25, 0.3) is 0 Å². The van der Waals surface area contributed by atoms with Gasteiger partial charge >= 0.3 is 0 Å². The molecule has 0 unspecified atom stereocenters. The molecule has 0 saturated heterocycles. The van der Waals surface area contributed by atoms with Crippen LogP contribution < -0.4 is 11.1 Å². The predicted octanol–water partition coefficient (Wildman–Crippen LogP) is 3.59. The molecule has 0 atom stereocenters. The Labute approximate surface area is 244 Å². The molecule has 0 saturated carbocycles. The Balaban J connectivity index is 1.69. The molecule has 12 heteroatoms. The van der Waals surface area contributed by atoms with E-state index in [1.807, 2.05) is 30.3 Å². The number of hydrogen-bond acceptors (Lipinski definition) is 5. The lowest BCUT2D eigenvalue weighted by molar-refractivity contribution is -0.132. The molecule has 0 bridgehead atoms. The number of carbonyl (C=O) groups is 2. The van der Waals surface area contributed by atoms with Gasteiger partial charge in [-0.05, 0) is 42.2 Å². The van der Waals surface area contributed by atoms with Gasteiger partial charge in [-0.25, -0.2) is 8.42 Å². The van der Waals surface area contributed by atoms with Gasteiger partial charge in [-0.2, -0.15) is 4.31 Å². The summed E-state index contributed by atoms with van der Waals surface area (Å²) in [5.41, 5.74) is 8.18. The van der Waals surface area contributed by atoms with Gasteiger partial charge in [0.1, 0.15) is 10.7 Å². The van der Waals surface area contributed by atoms with E-state index in [0.29, 0.717) is 22.6 Å². The second kappa shape index (κ2) is 13.8. The predicted molar refractivity (Wildman–Crippen MR) is 157 cm³/mol. The van der Waals surface area contributed by atoms with E-state index in [0.717, 1.165) is 15.4 Å². The van der Waals surface area contributed by atoms with E-state index in [-0.39, 0.29) is 41.3 Å². The summed E-state index contributed by atoms with van der Waals surface area (Å²) in [5.74, 6) is -1.04. The lowest BCUT2D eigenvalue weighted by Crippen LogP contribution is -2.44. The van der Waals surface area contributed by atoms with E-state index in [9.17, 15) is 18.0 Å². The van der Waals surface area contributed by atoms with Gasteiger partial charge in [0.15, 0.2) is 0 Å². The molecule has 0 aliphatic heterocycles. The van der Waals surface area contributed by atoms with Gasteiger partial charge in [0.2, 0.25) is 21.8 Å². The molecule has 0 aromatic heterocycles. The number of rotatable bonds is 12.